The Bertz CT molecular complexity index is 1070. The first-order valence-corrected chi connectivity index (χ1v) is 11.2. The van der Waals surface area contributed by atoms with Crippen molar-refractivity contribution in [3.8, 4) is 11.1 Å². The summed E-state index contributed by atoms with van der Waals surface area (Å²) in [4.78, 5) is 24.1. The van der Waals surface area contributed by atoms with Crippen molar-refractivity contribution >= 4 is 34.7 Å². The predicted molar refractivity (Wildman–Crippen MR) is 127 cm³/mol. The fraction of sp³-hybridized carbons (Fsp3) is 0.200. The standard InChI is InChI=1S/C25H22INO4/c26-22-12-6-1-7-16(22)13-14-23(24(28)29)27-25(30)31-15-21-19-10-4-2-8-17(19)18-9-3-5-11-20(18)21/h1-12,21,23H,13-15H2,(H,27,30)(H,28,29)/t23-/m0/s1. The number of benzene rings is 3. The Morgan fingerprint density at radius 1 is 0.935 bits per heavy atom. The van der Waals surface area contributed by atoms with Crippen molar-refractivity contribution in [2.24, 2.45) is 0 Å². The van der Waals surface area contributed by atoms with Crippen molar-refractivity contribution in [3.63, 3.8) is 0 Å². The summed E-state index contributed by atoms with van der Waals surface area (Å²) in [5, 5.41) is 12.1. The molecule has 0 aliphatic heterocycles. The molecule has 0 spiro atoms. The largest absolute Gasteiger partial charge is 0.480 e. The summed E-state index contributed by atoms with van der Waals surface area (Å²) in [6, 6.07) is 23.0. The summed E-state index contributed by atoms with van der Waals surface area (Å²) < 4.78 is 6.56. The number of ether oxygens (including phenoxy) is 1. The van der Waals surface area contributed by atoms with Gasteiger partial charge in [0.1, 0.15) is 12.6 Å². The van der Waals surface area contributed by atoms with Crippen LogP contribution in [0.1, 0.15) is 29.0 Å². The summed E-state index contributed by atoms with van der Waals surface area (Å²) >= 11 is 2.23. The van der Waals surface area contributed by atoms with E-state index in [4.69, 9.17) is 4.74 Å². The second kappa shape index (κ2) is 9.51. The van der Waals surface area contributed by atoms with Gasteiger partial charge < -0.3 is 15.2 Å². The number of aryl methyl sites for hydroxylation is 1. The van der Waals surface area contributed by atoms with Gasteiger partial charge in [-0.15, -0.1) is 0 Å². The number of halogens is 1. The molecule has 1 atom stereocenters. The molecule has 5 nitrogen and oxygen atoms in total. The lowest BCUT2D eigenvalue weighted by Crippen LogP contribution is -2.41. The average molecular weight is 527 g/mol. The molecule has 1 aliphatic carbocycles. The van der Waals surface area contributed by atoms with Gasteiger partial charge in [0.15, 0.2) is 0 Å². The molecule has 158 valence electrons. The molecule has 3 aromatic rings. The lowest BCUT2D eigenvalue weighted by Gasteiger charge is -2.17. The smallest absolute Gasteiger partial charge is 0.407 e. The van der Waals surface area contributed by atoms with Gasteiger partial charge in [-0.05, 0) is 69.3 Å². The minimum absolute atomic E-state index is 0.0627. The maximum Gasteiger partial charge on any atom is 0.407 e. The van der Waals surface area contributed by atoms with Gasteiger partial charge >= 0.3 is 12.1 Å². The van der Waals surface area contributed by atoms with Crippen LogP contribution in [0, 0.1) is 3.57 Å². The second-order valence-electron chi connectivity index (χ2n) is 7.49. The number of fused-ring (bicyclic) bond motifs is 3. The van der Waals surface area contributed by atoms with Crippen molar-refractivity contribution in [1.82, 2.24) is 5.32 Å². The number of hydrogen-bond donors (Lipinski definition) is 2. The van der Waals surface area contributed by atoms with Gasteiger partial charge in [-0.2, -0.15) is 0 Å². The Balaban J connectivity index is 1.39. The summed E-state index contributed by atoms with van der Waals surface area (Å²) in [6.45, 7) is 0.156. The van der Waals surface area contributed by atoms with E-state index in [-0.39, 0.29) is 12.5 Å². The lowest BCUT2D eigenvalue weighted by molar-refractivity contribution is -0.139. The molecule has 2 N–H and O–H groups in total. The van der Waals surface area contributed by atoms with E-state index in [9.17, 15) is 14.7 Å². The quantitative estimate of drug-likeness (QED) is 0.414. The Morgan fingerprint density at radius 2 is 1.52 bits per heavy atom. The normalized spacial score (nSPS) is 13.2. The van der Waals surface area contributed by atoms with Gasteiger partial charge in [-0.3, -0.25) is 0 Å². The molecule has 4 rings (SSSR count). The summed E-state index contributed by atoms with van der Waals surface area (Å²) in [5.74, 6) is -1.13. The van der Waals surface area contributed by atoms with E-state index in [1.165, 1.54) is 0 Å². The van der Waals surface area contributed by atoms with Crippen LogP contribution in [0.4, 0.5) is 4.79 Å². The fourth-order valence-electron chi connectivity index (χ4n) is 4.04. The molecule has 31 heavy (non-hydrogen) atoms. The highest BCUT2D eigenvalue weighted by atomic mass is 127. The van der Waals surface area contributed by atoms with Gasteiger partial charge in [0.25, 0.3) is 0 Å². The summed E-state index contributed by atoms with van der Waals surface area (Å²) in [6.07, 6.45) is 0.135. The number of rotatable bonds is 7. The molecule has 0 radical (unpaired) electrons. The molecule has 0 bridgehead atoms. The first-order chi connectivity index (χ1) is 15.0. The van der Waals surface area contributed by atoms with Crippen LogP contribution in [0.5, 0.6) is 0 Å². The summed E-state index contributed by atoms with van der Waals surface area (Å²) in [7, 11) is 0. The number of alkyl carbamates (subject to hydrolysis) is 1. The zero-order valence-electron chi connectivity index (χ0n) is 16.8. The Morgan fingerprint density at radius 3 is 2.13 bits per heavy atom. The highest BCUT2D eigenvalue weighted by Gasteiger charge is 2.29. The molecule has 0 fully saturated rings. The van der Waals surface area contributed by atoms with Crippen LogP contribution in [0.15, 0.2) is 72.8 Å². The first-order valence-electron chi connectivity index (χ1n) is 10.1. The molecule has 6 heteroatoms. The third-order valence-electron chi connectivity index (χ3n) is 5.59. The molecule has 3 aromatic carbocycles. The van der Waals surface area contributed by atoms with E-state index in [0.717, 1.165) is 31.4 Å². The van der Waals surface area contributed by atoms with Gasteiger partial charge in [0, 0.05) is 9.49 Å². The van der Waals surface area contributed by atoms with Crippen LogP contribution in [-0.2, 0) is 16.0 Å². The van der Waals surface area contributed by atoms with Crippen LogP contribution in [0.3, 0.4) is 0 Å². The first kappa shape index (κ1) is 21.4. The van der Waals surface area contributed by atoms with Crippen molar-refractivity contribution in [2.45, 2.75) is 24.8 Å². The SMILES string of the molecule is O=C(N[C@@H](CCc1ccccc1I)C(=O)O)OCC1c2ccccc2-c2ccccc21. The highest BCUT2D eigenvalue weighted by molar-refractivity contribution is 14.1. The minimum Gasteiger partial charge on any atom is -0.480 e. The Labute approximate surface area is 194 Å². The van der Waals surface area contributed by atoms with E-state index < -0.39 is 18.1 Å². The zero-order chi connectivity index (χ0) is 21.8. The van der Waals surface area contributed by atoms with Crippen LogP contribution < -0.4 is 5.32 Å². The molecular weight excluding hydrogens is 505 g/mol. The van der Waals surface area contributed by atoms with Crippen molar-refractivity contribution in [3.05, 3.63) is 93.1 Å². The third kappa shape index (κ3) is 4.74. The Hall–Kier alpha value is -2.87. The molecule has 0 unspecified atom stereocenters. The van der Waals surface area contributed by atoms with Crippen LogP contribution in [-0.4, -0.2) is 29.8 Å². The minimum atomic E-state index is -1.07. The maximum absolute atomic E-state index is 12.4. The van der Waals surface area contributed by atoms with Crippen molar-refractivity contribution in [2.75, 3.05) is 6.61 Å². The monoisotopic (exact) mass is 527 g/mol. The van der Waals surface area contributed by atoms with Crippen molar-refractivity contribution in [1.29, 1.82) is 0 Å². The van der Waals surface area contributed by atoms with E-state index in [1.54, 1.807) is 0 Å². The van der Waals surface area contributed by atoms with Crippen LogP contribution in [0.2, 0.25) is 0 Å². The Kier molecular flexibility index (Phi) is 6.56. The zero-order valence-corrected chi connectivity index (χ0v) is 18.9. The highest BCUT2D eigenvalue weighted by Crippen LogP contribution is 2.44. The maximum atomic E-state index is 12.4. The molecule has 0 heterocycles. The van der Waals surface area contributed by atoms with Crippen LogP contribution in [0.25, 0.3) is 11.1 Å². The van der Waals surface area contributed by atoms with E-state index in [2.05, 4.69) is 40.0 Å². The van der Waals surface area contributed by atoms with Gasteiger partial charge in [-0.25, -0.2) is 9.59 Å². The predicted octanol–water partition coefficient (Wildman–Crippen LogP) is 5.22. The number of hydrogen-bond acceptors (Lipinski definition) is 3. The second-order valence-corrected chi connectivity index (χ2v) is 8.65. The number of carboxylic acids is 1. The molecule has 0 saturated carbocycles. The van der Waals surface area contributed by atoms with E-state index in [1.807, 2.05) is 60.7 Å². The van der Waals surface area contributed by atoms with E-state index in [0.29, 0.717) is 12.8 Å². The molecular formula is C25H22INO4. The molecule has 1 aliphatic rings. The lowest BCUT2D eigenvalue weighted by atomic mass is 9.98. The molecule has 0 aromatic heterocycles. The summed E-state index contributed by atoms with van der Waals surface area (Å²) in [5.41, 5.74) is 5.58. The average Bonchev–Trinajstić information content (AvgIpc) is 3.10. The van der Waals surface area contributed by atoms with Crippen LogP contribution >= 0.6 is 22.6 Å². The number of carbonyl (C=O) groups is 2. The molecule has 1 amide bonds. The van der Waals surface area contributed by atoms with E-state index >= 15 is 0 Å². The number of aliphatic carboxylic acids is 1. The molecule has 0 saturated heterocycles. The van der Waals surface area contributed by atoms with Gasteiger partial charge in [0.05, 0.1) is 0 Å². The number of carboxylic acid groups (broad SMARTS) is 1. The van der Waals surface area contributed by atoms with Crippen molar-refractivity contribution < 1.29 is 19.4 Å². The van der Waals surface area contributed by atoms with Gasteiger partial charge in [0.2, 0.25) is 0 Å². The topological polar surface area (TPSA) is 75.6 Å². The number of nitrogens with one attached hydrogen (secondary N) is 1. The fourth-order valence-corrected chi connectivity index (χ4v) is 4.70. The number of amides is 1. The number of carbonyl (C=O) groups excluding carboxylic acids is 1. The van der Waals surface area contributed by atoms with Gasteiger partial charge in [-0.1, -0.05) is 66.7 Å². The third-order valence-corrected chi connectivity index (χ3v) is 6.65.